The number of rotatable bonds is 12. The van der Waals surface area contributed by atoms with Crippen molar-refractivity contribution in [2.75, 3.05) is 10.7 Å². The first-order valence-corrected chi connectivity index (χ1v) is 16.3. The molecule has 1 aliphatic carbocycles. The lowest BCUT2D eigenvalue weighted by Crippen LogP contribution is -2.19. The standard InChI is InChI=1S/C38H33ClN2O4S/c1-26-8-6-7-11-35(26)37(43)28-12-18-32(19-13-28)41(31-9-4-3-5-10-31)33-20-14-29(15-21-33)38(44)36(40-45-27(2)42)24-25-46-34-22-16-30(39)17-23-34/h3-4,6-9,11-23H,5,10,24-25H2,1-2H3. The van der Waals surface area contributed by atoms with Crippen molar-refractivity contribution in [2.45, 2.75) is 38.0 Å². The number of benzene rings is 4. The number of thioether (sulfide) groups is 1. The van der Waals surface area contributed by atoms with Gasteiger partial charge in [0.2, 0.25) is 5.78 Å². The molecule has 0 aliphatic heterocycles. The van der Waals surface area contributed by atoms with Gasteiger partial charge in [0.15, 0.2) is 5.78 Å². The fourth-order valence-electron chi connectivity index (χ4n) is 5.05. The number of carbonyl (C=O) groups excluding carboxylic acids is 3. The molecule has 0 fully saturated rings. The van der Waals surface area contributed by atoms with Crippen molar-refractivity contribution in [3.05, 3.63) is 148 Å². The third-order valence-electron chi connectivity index (χ3n) is 7.41. The molecule has 6 nitrogen and oxygen atoms in total. The number of anilines is 2. The van der Waals surface area contributed by atoms with Gasteiger partial charge in [-0.1, -0.05) is 53.2 Å². The van der Waals surface area contributed by atoms with Gasteiger partial charge in [0.1, 0.15) is 5.71 Å². The van der Waals surface area contributed by atoms with E-state index in [0.29, 0.717) is 33.9 Å². The van der Waals surface area contributed by atoms with Crippen LogP contribution in [0.15, 0.2) is 131 Å². The summed E-state index contributed by atoms with van der Waals surface area (Å²) in [6.07, 6.45) is 8.30. The Morgan fingerprint density at radius 2 is 1.52 bits per heavy atom. The minimum atomic E-state index is -0.594. The normalized spacial score (nSPS) is 12.8. The summed E-state index contributed by atoms with van der Waals surface area (Å²) < 4.78 is 0. The molecule has 0 radical (unpaired) electrons. The van der Waals surface area contributed by atoms with Crippen LogP contribution in [0.5, 0.6) is 0 Å². The van der Waals surface area contributed by atoms with Crippen molar-refractivity contribution < 1.29 is 19.2 Å². The highest BCUT2D eigenvalue weighted by atomic mass is 35.5. The monoisotopic (exact) mass is 648 g/mol. The number of oxime groups is 1. The average Bonchev–Trinajstić information content (AvgIpc) is 3.08. The zero-order valence-corrected chi connectivity index (χ0v) is 27.2. The van der Waals surface area contributed by atoms with Crippen LogP contribution in [0.2, 0.25) is 5.02 Å². The number of allylic oxidation sites excluding steroid dienone is 4. The SMILES string of the molecule is CC(=O)ON=C(CCSc1ccc(Cl)cc1)C(=O)c1ccc(N(C2=CC=CCC2)c2ccc(C(=O)c3ccccc3C)cc2)cc1. The summed E-state index contributed by atoms with van der Waals surface area (Å²) in [7, 11) is 0. The molecule has 0 unspecified atom stereocenters. The number of nitrogens with zero attached hydrogens (tertiary/aromatic N) is 2. The van der Waals surface area contributed by atoms with Crippen LogP contribution < -0.4 is 4.90 Å². The molecule has 0 saturated heterocycles. The lowest BCUT2D eigenvalue weighted by atomic mass is 9.98. The van der Waals surface area contributed by atoms with Crippen LogP contribution in [0, 0.1) is 6.92 Å². The highest BCUT2D eigenvalue weighted by molar-refractivity contribution is 7.99. The maximum Gasteiger partial charge on any atom is 0.331 e. The van der Waals surface area contributed by atoms with Crippen LogP contribution in [-0.2, 0) is 9.63 Å². The van der Waals surface area contributed by atoms with Crippen molar-refractivity contribution >= 4 is 58.0 Å². The molecule has 0 N–H and O–H groups in total. The Morgan fingerprint density at radius 3 is 2.13 bits per heavy atom. The smallest absolute Gasteiger partial charge is 0.318 e. The van der Waals surface area contributed by atoms with Gasteiger partial charge in [0.05, 0.1) is 0 Å². The first-order chi connectivity index (χ1) is 22.3. The second-order valence-corrected chi connectivity index (χ2v) is 12.3. The summed E-state index contributed by atoms with van der Waals surface area (Å²) >= 11 is 7.54. The number of halogens is 1. The van der Waals surface area contributed by atoms with E-state index in [2.05, 4.69) is 22.2 Å². The van der Waals surface area contributed by atoms with Crippen LogP contribution in [0.4, 0.5) is 11.4 Å². The Hall–Kier alpha value is -4.72. The largest absolute Gasteiger partial charge is 0.331 e. The Balaban J connectivity index is 1.37. The zero-order valence-electron chi connectivity index (χ0n) is 25.6. The number of carbonyl (C=O) groups is 3. The summed E-state index contributed by atoms with van der Waals surface area (Å²) in [4.78, 5) is 46.2. The Labute approximate surface area is 278 Å². The van der Waals surface area contributed by atoms with E-state index in [1.54, 1.807) is 23.9 Å². The molecule has 232 valence electrons. The molecule has 4 aromatic rings. The Kier molecular flexibility index (Phi) is 11.0. The van der Waals surface area contributed by atoms with Crippen LogP contribution >= 0.6 is 23.4 Å². The van der Waals surface area contributed by atoms with Crippen LogP contribution in [0.25, 0.3) is 0 Å². The second kappa shape index (κ2) is 15.5. The quantitative estimate of drug-likeness (QED) is 0.0501. The van der Waals surface area contributed by atoms with E-state index < -0.39 is 5.97 Å². The molecule has 0 atom stereocenters. The molecule has 8 heteroatoms. The summed E-state index contributed by atoms with van der Waals surface area (Å²) in [5.74, 6) is -0.363. The molecule has 5 rings (SSSR count). The first kappa shape index (κ1) is 32.7. The van der Waals surface area contributed by atoms with Crippen molar-refractivity contribution in [1.29, 1.82) is 0 Å². The molecule has 0 heterocycles. The predicted octanol–water partition coefficient (Wildman–Crippen LogP) is 9.54. The fraction of sp³-hybridized carbons (Fsp3) is 0.158. The highest BCUT2D eigenvalue weighted by Crippen LogP contribution is 2.34. The second-order valence-electron chi connectivity index (χ2n) is 10.7. The lowest BCUT2D eigenvalue weighted by molar-refractivity contribution is -0.140. The highest BCUT2D eigenvalue weighted by Gasteiger charge is 2.20. The van der Waals surface area contributed by atoms with Crippen LogP contribution in [-0.4, -0.2) is 29.0 Å². The Morgan fingerprint density at radius 1 is 0.870 bits per heavy atom. The van der Waals surface area contributed by atoms with Gasteiger partial charge in [-0.3, -0.25) is 9.59 Å². The predicted molar refractivity (Wildman–Crippen MR) is 186 cm³/mol. The number of aryl methyl sites for hydroxylation is 1. The topological polar surface area (TPSA) is 76.0 Å². The summed E-state index contributed by atoms with van der Waals surface area (Å²) in [5.41, 5.74) is 5.70. The first-order valence-electron chi connectivity index (χ1n) is 14.9. The third kappa shape index (κ3) is 8.30. The van der Waals surface area contributed by atoms with Gasteiger partial charge in [0.25, 0.3) is 0 Å². The third-order valence-corrected chi connectivity index (χ3v) is 8.68. The van der Waals surface area contributed by atoms with Gasteiger partial charge in [-0.15, -0.1) is 11.8 Å². The van der Waals surface area contributed by atoms with E-state index in [9.17, 15) is 14.4 Å². The molecular formula is C38H33ClN2O4S. The van der Waals surface area contributed by atoms with Gasteiger partial charge in [-0.05, 0) is 104 Å². The van der Waals surface area contributed by atoms with E-state index >= 15 is 0 Å². The molecule has 46 heavy (non-hydrogen) atoms. The van der Waals surface area contributed by atoms with E-state index in [1.807, 2.05) is 97.9 Å². The van der Waals surface area contributed by atoms with Crippen molar-refractivity contribution in [2.24, 2.45) is 5.16 Å². The van der Waals surface area contributed by atoms with Crippen molar-refractivity contribution in [3.8, 4) is 0 Å². The molecule has 0 aromatic heterocycles. The molecule has 0 bridgehead atoms. The van der Waals surface area contributed by atoms with E-state index in [1.165, 1.54) is 6.92 Å². The molecule has 1 aliphatic rings. The molecule has 0 amide bonds. The molecule has 4 aromatic carbocycles. The Bertz CT molecular complexity index is 1810. The molecule has 0 saturated carbocycles. The molecular weight excluding hydrogens is 616 g/mol. The average molecular weight is 649 g/mol. The molecule has 0 spiro atoms. The zero-order chi connectivity index (χ0) is 32.5. The summed E-state index contributed by atoms with van der Waals surface area (Å²) in [5, 5.41) is 4.55. The maximum atomic E-state index is 13.5. The maximum absolute atomic E-state index is 13.5. The van der Waals surface area contributed by atoms with Crippen LogP contribution in [0.3, 0.4) is 0 Å². The number of Topliss-reactive ketones (excluding diaryl/α,β-unsaturated/α-hetero) is 1. The van der Waals surface area contributed by atoms with Crippen molar-refractivity contribution in [3.63, 3.8) is 0 Å². The van der Waals surface area contributed by atoms with Gasteiger partial charge in [-0.25, -0.2) is 4.79 Å². The van der Waals surface area contributed by atoms with E-state index in [4.69, 9.17) is 16.4 Å². The number of hydrogen-bond acceptors (Lipinski definition) is 7. The minimum absolute atomic E-state index is 0.0170. The number of hydrogen-bond donors (Lipinski definition) is 0. The van der Waals surface area contributed by atoms with Gasteiger partial charge in [-0.2, -0.15) is 0 Å². The summed E-state index contributed by atoms with van der Waals surface area (Å²) in [6, 6.07) is 29.9. The van der Waals surface area contributed by atoms with Gasteiger partial charge >= 0.3 is 5.97 Å². The van der Waals surface area contributed by atoms with Gasteiger partial charge < -0.3 is 9.74 Å². The van der Waals surface area contributed by atoms with E-state index in [-0.39, 0.29) is 17.3 Å². The minimum Gasteiger partial charge on any atom is -0.318 e. The fourth-order valence-corrected chi connectivity index (χ4v) is 6.03. The number of ketones is 2. The van der Waals surface area contributed by atoms with Crippen molar-refractivity contribution in [1.82, 2.24) is 0 Å². The van der Waals surface area contributed by atoms with Gasteiger partial charge in [0, 0.05) is 62.8 Å². The van der Waals surface area contributed by atoms with Crippen LogP contribution in [0.1, 0.15) is 58.0 Å². The summed E-state index contributed by atoms with van der Waals surface area (Å²) in [6.45, 7) is 3.18. The van der Waals surface area contributed by atoms with E-state index in [0.717, 1.165) is 40.4 Å². The lowest BCUT2D eigenvalue weighted by Gasteiger charge is -2.29.